The predicted molar refractivity (Wildman–Crippen MR) is 67.2 cm³/mol. The minimum atomic E-state index is 0.0101. The lowest BCUT2D eigenvalue weighted by atomic mass is 9.99. The molecule has 86 valence electrons. The van der Waals surface area contributed by atoms with Crippen LogP contribution in [-0.4, -0.2) is 18.3 Å². The fraction of sp³-hybridized carbons (Fsp3) is 0.462. The van der Waals surface area contributed by atoms with Gasteiger partial charge in [-0.25, -0.2) is 0 Å². The Morgan fingerprint density at radius 3 is 3.00 bits per heavy atom. The molecule has 1 aliphatic heterocycles. The quantitative estimate of drug-likeness (QED) is 0.725. The molecule has 1 amide bonds. The molecule has 1 heterocycles. The molecule has 0 radical (unpaired) electrons. The van der Waals surface area contributed by atoms with Gasteiger partial charge in [-0.2, -0.15) is 0 Å². The molecule has 0 fully saturated rings. The van der Waals surface area contributed by atoms with Crippen LogP contribution in [0.5, 0.6) is 0 Å². The summed E-state index contributed by atoms with van der Waals surface area (Å²) in [6, 6.07) is 6.41. The number of rotatable bonds is 2. The van der Waals surface area contributed by atoms with Crippen molar-refractivity contribution in [3.8, 4) is 0 Å². The van der Waals surface area contributed by atoms with Crippen LogP contribution in [0.4, 0.5) is 5.69 Å². The maximum atomic E-state index is 11.7. The first-order chi connectivity index (χ1) is 7.76. The van der Waals surface area contributed by atoms with Crippen LogP contribution in [0, 0.1) is 0 Å². The molecular weight excluding hydrogens is 222 g/mol. The number of hydrogen-bond acceptors (Lipinski definition) is 1. The van der Waals surface area contributed by atoms with Gasteiger partial charge in [0.2, 0.25) is 5.91 Å². The van der Waals surface area contributed by atoms with Crippen molar-refractivity contribution < 1.29 is 4.79 Å². The second kappa shape index (κ2) is 4.88. The number of carbonyl (C=O) groups is 1. The summed E-state index contributed by atoms with van der Waals surface area (Å²) >= 11 is 5.63. The molecule has 2 nitrogen and oxygen atoms in total. The SMILES string of the molecule is CCc1ccc2c(c1)N(C(=O)CCl)CCC2. The summed E-state index contributed by atoms with van der Waals surface area (Å²) in [6.45, 7) is 2.92. The van der Waals surface area contributed by atoms with Crippen LogP contribution in [0.3, 0.4) is 0 Å². The zero-order valence-corrected chi connectivity index (χ0v) is 10.3. The lowest BCUT2D eigenvalue weighted by molar-refractivity contribution is -0.116. The molecule has 0 unspecified atom stereocenters. The summed E-state index contributed by atoms with van der Waals surface area (Å²) in [7, 11) is 0. The highest BCUT2D eigenvalue weighted by Crippen LogP contribution is 2.28. The third-order valence-corrected chi connectivity index (χ3v) is 3.32. The molecule has 0 atom stereocenters. The number of fused-ring (bicyclic) bond motifs is 1. The topological polar surface area (TPSA) is 20.3 Å². The standard InChI is InChI=1S/C13H16ClNO/c1-2-10-5-6-11-4-3-7-15(12(11)8-10)13(16)9-14/h5-6,8H,2-4,7,9H2,1H3. The number of anilines is 1. The Kier molecular flexibility index (Phi) is 3.49. The molecule has 3 heteroatoms. The highest BCUT2D eigenvalue weighted by molar-refractivity contribution is 6.29. The molecule has 1 aromatic rings. The van der Waals surface area contributed by atoms with Crippen molar-refractivity contribution in [2.45, 2.75) is 26.2 Å². The first-order valence-electron chi connectivity index (χ1n) is 5.74. The molecule has 0 aliphatic carbocycles. The molecule has 1 aliphatic rings. The van der Waals surface area contributed by atoms with Crippen LogP contribution in [0.2, 0.25) is 0 Å². The molecular formula is C13H16ClNO. The Bertz CT molecular complexity index is 403. The van der Waals surface area contributed by atoms with Crippen molar-refractivity contribution in [3.63, 3.8) is 0 Å². The summed E-state index contributed by atoms with van der Waals surface area (Å²) in [5, 5.41) is 0. The summed E-state index contributed by atoms with van der Waals surface area (Å²) < 4.78 is 0. The van der Waals surface area contributed by atoms with E-state index in [9.17, 15) is 4.79 Å². The molecule has 0 saturated heterocycles. The van der Waals surface area contributed by atoms with Crippen LogP contribution in [0.15, 0.2) is 18.2 Å². The molecule has 16 heavy (non-hydrogen) atoms. The first kappa shape index (κ1) is 11.5. The number of aryl methyl sites for hydroxylation is 2. The number of alkyl halides is 1. The van der Waals surface area contributed by atoms with Gasteiger partial charge in [0.25, 0.3) is 0 Å². The Morgan fingerprint density at radius 2 is 2.31 bits per heavy atom. The highest BCUT2D eigenvalue weighted by Gasteiger charge is 2.21. The number of halogens is 1. The molecule has 0 N–H and O–H groups in total. The van der Waals surface area contributed by atoms with Crippen LogP contribution in [0.1, 0.15) is 24.5 Å². The second-order valence-electron chi connectivity index (χ2n) is 4.10. The lowest BCUT2D eigenvalue weighted by Crippen LogP contribution is -2.36. The van der Waals surface area contributed by atoms with E-state index in [0.717, 1.165) is 31.5 Å². The Labute approximate surface area is 101 Å². The monoisotopic (exact) mass is 237 g/mol. The number of benzene rings is 1. The average Bonchev–Trinajstić information content (AvgIpc) is 2.36. The van der Waals surface area contributed by atoms with E-state index in [1.807, 2.05) is 4.90 Å². The van der Waals surface area contributed by atoms with Crippen molar-refractivity contribution >= 4 is 23.2 Å². The van der Waals surface area contributed by atoms with Crippen LogP contribution < -0.4 is 4.90 Å². The van der Waals surface area contributed by atoms with Crippen molar-refractivity contribution in [2.75, 3.05) is 17.3 Å². The van der Waals surface area contributed by atoms with Crippen LogP contribution >= 0.6 is 11.6 Å². The van der Waals surface area contributed by atoms with E-state index in [4.69, 9.17) is 11.6 Å². The fourth-order valence-corrected chi connectivity index (χ4v) is 2.32. The van der Waals surface area contributed by atoms with Crippen molar-refractivity contribution in [1.29, 1.82) is 0 Å². The average molecular weight is 238 g/mol. The number of nitrogens with zero attached hydrogens (tertiary/aromatic N) is 1. The van der Waals surface area contributed by atoms with Gasteiger partial charge < -0.3 is 4.90 Å². The smallest absolute Gasteiger partial charge is 0.241 e. The molecule has 0 aromatic heterocycles. The maximum absolute atomic E-state index is 11.7. The fourth-order valence-electron chi connectivity index (χ4n) is 2.17. The summed E-state index contributed by atoms with van der Waals surface area (Å²) in [5.41, 5.74) is 3.60. The number of carbonyl (C=O) groups excluding carboxylic acids is 1. The summed E-state index contributed by atoms with van der Waals surface area (Å²) in [6.07, 6.45) is 3.09. The molecule has 0 spiro atoms. The molecule has 1 aromatic carbocycles. The van der Waals surface area contributed by atoms with Gasteiger partial charge in [-0.05, 0) is 36.5 Å². The van der Waals surface area contributed by atoms with Gasteiger partial charge in [0.1, 0.15) is 5.88 Å². The van der Waals surface area contributed by atoms with Gasteiger partial charge in [0, 0.05) is 12.2 Å². The van der Waals surface area contributed by atoms with E-state index >= 15 is 0 Å². The summed E-state index contributed by atoms with van der Waals surface area (Å²) in [5.74, 6) is 0.0753. The Hall–Kier alpha value is -1.02. The first-order valence-corrected chi connectivity index (χ1v) is 6.28. The van der Waals surface area contributed by atoms with Crippen molar-refractivity contribution in [1.82, 2.24) is 0 Å². The van der Waals surface area contributed by atoms with Crippen molar-refractivity contribution in [3.05, 3.63) is 29.3 Å². The van der Waals surface area contributed by atoms with Gasteiger partial charge >= 0.3 is 0 Å². The number of hydrogen-bond donors (Lipinski definition) is 0. The normalized spacial score (nSPS) is 14.8. The van der Waals surface area contributed by atoms with Crippen molar-refractivity contribution in [2.24, 2.45) is 0 Å². The Balaban J connectivity index is 2.39. The molecule has 0 saturated carbocycles. The lowest BCUT2D eigenvalue weighted by Gasteiger charge is -2.29. The van der Waals surface area contributed by atoms with Gasteiger partial charge in [-0.15, -0.1) is 11.6 Å². The zero-order chi connectivity index (χ0) is 11.5. The van der Waals surface area contributed by atoms with Crippen LogP contribution in [-0.2, 0) is 17.6 Å². The minimum absolute atomic E-state index is 0.0101. The zero-order valence-electron chi connectivity index (χ0n) is 9.50. The number of amides is 1. The molecule has 0 bridgehead atoms. The summed E-state index contributed by atoms with van der Waals surface area (Å²) in [4.78, 5) is 13.5. The predicted octanol–water partition coefficient (Wildman–Crippen LogP) is 2.77. The van der Waals surface area contributed by atoms with E-state index in [1.165, 1.54) is 11.1 Å². The Morgan fingerprint density at radius 1 is 1.50 bits per heavy atom. The van der Waals surface area contributed by atoms with Gasteiger partial charge in [0.05, 0.1) is 0 Å². The van der Waals surface area contributed by atoms with Gasteiger partial charge in [-0.3, -0.25) is 4.79 Å². The van der Waals surface area contributed by atoms with E-state index in [2.05, 4.69) is 25.1 Å². The third kappa shape index (κ3) is 2.07. The highest BCUT2D eigenvalue weighted by atomic mass is 35.5. The minimum Gasteiger partial charge on any atom is -0.311 e. The largest absolute Gasteiger partial charge is 0.311 e. The second-order valence-corrected chi connectivity index (χ2v) is 4.37. The van der Waals surface area contributed by atoms with E-state index in [0.29, 0.717) is 0 Å². The van der Waals surface area contributed by atoms with E-state index in [1.54, 1.807) is 0 Å². The van der Waals surface area contributed by atoms with E-state index in [-0.39, 0.29) is 11.8 Å². The van der Waals surface area contributed by atoms with Gasteiger partial charge in [-0.1, -0.05) is 19.1 Å². The van der Waals surface area contributed by atoms with Crippen LogP contribution in [0.25, 0.3) is 0 Å². The third-order valence-electron chi connectivity index (χ3n) is 3.09. The van der Waals surface area contributed by atoms with E-state index < -0.39 is 0 Å². The molecule has 2 rings (SSSR count). The maximum Gasteiger partial charge on any atom is 0.241 e. The van der Waals surface area contributed by atoms with Gasteiger partial charge in [0.15, 0.2) is 0 Å².